The molecule has 1 unspecified atom stereocenters. The van der Waals surface area contributed by atoms with E-state index in [1.54, 1.807) is 6.92 Å². The van der Waals surface area contributed by atoms with Crippen LogP contribution >= 0.6 is 0 Å². The summed E-state index contributed by atoms with van der Waals surface area (Å²) < 4.78 is 37.6. The number of nitrogens with one attached hydrogen (secondary N) is 3. The zero-order valence-electron chi connectivity index (χ0n) is 8.20. The van der Waals surface area contributed by atoms with Crippen molar-refractivity contribution in [3.63, 3.8) is 0 Å². The number of halogens is 3. The fraction of sp³-hybridized carbons (Fsp3) is 0.625. The molecule has 1 heterocycles. The highest BCUT2D eigenvalue weighted by molar-refractivity contribution is 5.97. The lowest BCUT2D eigenvalue weighted by Gasteiger charge is -2.18. The van der Waals surface area contributed by atoms with Crippen LogP contribution in [0, 0.1) is 11.3 Å². The number of hydrogen-bond donors (Lipinski definition) is 4. The second-order valence-corrected chi connectivity index (χ2v) is 3.21. The van der Waals surface area contributed by atoms with Crippen molar-refractivity contribution in [2.24, 2.45) is 11.7 Å². The first-order valence-electron chi connectivity index (χ1n) is 4.51. The van der Waals surface area contributed by atoms with Gasteiger partial charge >= 0.3 is 6.18 Å². The molecule has 0 radical (unpaired) electrons. The molecule has 15 heavy (non-hydrogen) atoms. The monoisotopic (exact) mass is 222 g/mol. The van der Waals surface area contributed by atoms with Crippen molar-refractivity contribution >= 4 is 5.84 Å². The first-order valence-corrected chi connectivity index (χ1v) is 4.51. The van der Waals surface area contributed by atoms with Gasteiger partial charge in [-0.15, -0.1) is 0 Å². The summed E-state index contributed by atoms with van der Waals surface area (Å²) in [7, 11) is 0. The van der Waals surface area contributed by atoms with Gasteiger partial charge in [-0.3, -0.25) is 5.41 Å². The number of amidine groups is 1. The van der Waals surface area contributed by atoms with Gasteiger partial charge in [-0.05, 0) is 6.92 Å². The van der Waals surface area contributed by atoms with Gasteiger partial charge in [0.25, 0.3) is 0 Å². The SMILES string of the molecule is CCNC(=N)C1=C(N)NCC1C(F)(F)F. The van der Waals surface area contributed by atoms with E-state index in [1.807, 2.05) is 0 Å². The van der Waals surface area contributed by atoms with E-state index < -0.39 is 12.1 Å². The molecule has 0 saturated heterocycles. The Hall–Kier alpha value is -1.40. The molecule has 0 saturated carbocycles. The van der Waals surface area contributed by atoms with Crippen LogP contribution in [0.2, 0.25) is 0 Å². The first kappa shape index (κ1) is 11.7. The van der Waals surface area contributed by atoms with E-state index in [-0.39, 0.29) is 23.8 Å². The standard InChI is InChI=1S/C8H13F3N4/c1-2-14-6(12)5-4(8(9,10)11)3-15-7(5)13/h4,15H,2-3,13H2,1H3,(H2,12,14). The lowest BCUT2D eigenvalue weighted by atomic mass is 10.0. The normalized spacial score (nSPS) is 21.5. The second kappa shape index (κ2) is 4.00. The zero-order chi connectivity index (χ0) is 11.6. The number of likely N-dealkylation sites (N-methyl/N-ethyl adjacent to an activating group) is 1. The van der Waals surface area contributed by atoms with Crippen LogP contribution in [-0.2, 0) is 0 Å². The average Bonchev–Trinajstić information content (AvgIpc) is 2.46. The molecule has 1 aliphatic heterocycles. The highest BCUT2D eigenvalue weighted by Gasteiger charge is 2.46. The highest BCUT2D eigenvalue weighted by Crippen LogP contribution is 2.34. The number of nitrogens with two attached hydrogens (primary N) is 1. The molecule has 0 spiro atoms. The zero-order valence-corrected chi connectivity index (χ0v) is 8.20. The Morgan fingerprint density at radius 1 is 1.67 bits per heavy atom. The Balaban J connectivity index is 2.91. The minimum absolute atomic E-state index is 0.0664. The van der Waals surface area contributed by atoms with Crippen molar-refractivity contribution in [2.75, 3.05) is 13.1 Å². The van der Waals surface area contributed by atoms with Gasteiger partial charge in [-0.25, -0.2) is 0 Å². The molecular formula is C8H13F3N4. The molecule has 0 aromatic carbocycles. The van der Waals surface area contributed by atoms with Crippen molar-refractivity contribution < 1.29 is 13.2 Å². The predicted octanol–water partition coefficient (Wildman–Crippen LogP) is 0.525. The summed E-state index contributed by atoms with van der Waals surface area (Å²) in [6.07, 6.45) is -4.37. The first-order chi connectivity index (χ1) is 6.88. The molecule has 0 aliphatic carbocycles. The van der Waals surface area contributed by atoms with Crippen molar-refractivity contribution in [3.05, 3.63) is 11.4 Å². The third-order valence-electron chi connectivity index (χ3n) is 2.15. The van der Waals surface area contributed by atoms with Crippen molar-refractivity contribution in [3.8, 4) is 0 Å². The molecule has 4 nitrogen and oxygen atoms in total. The molecule has 1 atom stereocenters. The molecular weight excluding hydrogens is 209 g/mol. The largest absolute Gasteiger partial charge is 0.397 e. The van der Waals surface area contributed by atoms with E-state index >= 15 is 0 Å². The minimum Gasteiger partial charge on any atom is -0.385 e. The van der Waals surface area contributed by atoms with Crippen LogP contribution in [0.4, 0.5) is 13.2 Å². The van der Waals surface area contributed by atoms with Crippen molar-refractivity contribution in [1.29, 1.82) is 5.41 Å². The van der Waals surface area contributed by atoms with E-state index in [0.29, 0.717) is 6.54 Å². The van der Waals surface area contributed by atoms with Gasteiger partial charge in [0, 0.05) is 18.7 Å². The topological polar surface area (TPSA) is 73.9 Å². The second-order valence-electron chi connectivity index (χ2n) is 3.21. The van der Waals surface area contributed by atoms with E-state index in [2.05, 4.69) is 10.6 Å². The van der Waals surface area contributed by atoms with Crippen LogP contribution in [0.1, 0.15) is 6.92 Å². The Kier molecular flexibility index (Phi) is 3.11. The van der Waals surface area contributed by atoms with Crippen LogP contribution < -0.4 is 16.4 Å². The van der Waals surface area contributed by atoms with Gasteiger partial charge in [0.15, 0.2) is 0 Å². The Morgan fingerprint density at radius 2 is 2.27 bits per heavy atom. The van der Waals surface area contributed by atoms with Crippen molar-refractivity contribution in [2.45, 2.75) is 13.1 Å². The molecule has 0 bridgehead atoms. The molecule has 1 rings (SSSR count). The molecule has 0 amide bonds. The summed E-state index contributed by atoms with van der Waals surface area (Å²) in [6.45, 7) is 1.80. The van der Waals surface area contributed by atoms with E-state index in [9.17, 15) is 13.2 Å². The molecule has 0 aromatic heterocycles. The van der Waals surface area contributed by atoms with Gasteiger partial charge in [0.05, 0.1) is 0 Å². The Labute approximate surface area is 85.2 Å². The third kappa shape index (κ3) is 2.34. The molecule has 1 aliphatic rings. The molecule has 7 heteroatoms. The number of rotatable bonds is 2. The van der Waals surface area contributed by atoms with Crippen LogP contribution in [-0.4, -0.2) is 25.1 Å². The Morgan fingerprint density at radius 3 is 2.73 bits per heavy atom. The van der Waals surface area contributed by atoms with E-state index in [0.717, 1.165) is 0 Å². The highest BCUT2D eigenvalue weighted by atomic mass is 19.4. The third-order valence-corrected chi connectivity index (χ3v) is 2.15. The van der Waals surface area contributed by atoms with Gasteiger partial charge in [-0.2, -0.15) is 13.2 Å². The molecule has 86 valence electrons. The van der Waals surface area contributed by atoms with Gasteiger partial charge in [0.1, 0.15) is 17.6 Å². The summed E-state index contributed by atoms with van der Waals surface area (Å²) in [5.41, 5.74) is 5.19. The number of alkyl halides is 3. The van der Waals surface area contributed by atoms with E-state index in [4.69, 9.17) is 11.1 Å². The summed E-state index contributed by atoms with van der Waals surface area (Å²) in [4.78, 5) is 0. The van der Waals surface area contributed by atoms with Crippen LogP contribution in [0.15, 0.2) is 11.4 Å². The average molecular weight is 222 g/mol. The van der Waals surface area contributed by atoms with E-state index in [1.165, 1.54) is 0 Å². The predicted molar refractivity (Wildman–Crippen MR) is 50.2 cm³/mol. The minimum atomic E-state index is -4.37. The van der Waals surface area contributed by atoms with Crippen LogP contribution in [0.3, 0.4) is 0 Å². The lowest BCUT2D eigenvalue weighted by Crippen LogP contribution is -2.34. The fourth-order valence-electron chi connectivity index (χ4n) is 1.46. The van der Waals surface area contributed by atoms with Crippen molar-refractivity contribution in [1.82, 2.24) is 10.6 Å². The summed E-state index contributed by atoms with van der Waals surface area (Å²) >= 11 is 0. The maximum Gasteiger partial charge on any atom is 0.397 e. The fourth-order valence-corrected chi connectivity index (χ4v) is 1.46. The number of hydrogen-bond acceptors (Lipinski definition) is 3. The van der Waals surface area contributed by atoms with Gasteiger partial charge in [0.2, 0.25) is 0 Å². The lowest BCUT2D eigenvalue weighted by molar-refractivity contribution is -0.159. The maximum atomic E-state index is 12.5. The molecule has 5 N–H and O–H groups in total. The Bertz CT molecular complexity index is 295. The van der Waals surface area contributed by atoms with Gasteiger partial charge in [-0.1, -0.05) is 0 Å². The smallest absolute Gasteiger partial charge is 0.385 e. The summed E-state index contributed by atoms with van der Waals surface area (Å²) in [5.74, 6) is -2.02. The summed E-state index contributed by atoms with van der Waals surface area (Å²) in [5, 5.41) is 12.4. The van der Waals surface area contributed by atoms with Crippen LogP contribution in [0.5, 0.6) is 0 Å². The maximum absolute atomic E-state index is 12.5. The van der Waals surface area contributed by atoms with Crippen LogP contribution in [0.25, 0.3) is 0 Å². The quantitative estimate of drug-likeness (QED) is 0.406. The molecule has 0 fully saturated rings. The molecule has 0 aromatic rings. The van der Waals surface area contributed by atoms with Gasteiger partial charge < -0.3 is 16.4 Å². The summed E-state index contributed by atoms with van der Waals surface area (Å²) in [6, 6.07) is 0.